The lowest BCUT2D eigenvalue weighted by atomic mass is 9.96. The van der Waals surface area contributed by atoms with Gasteiger partial charge in [0.15, 0.2) is 5.69 Å². The van der Waals surface area contributed by atoms with Gasteiger partial charge in [-0.05, 0) is 37.8 Å². The molecule has 192 valence electrons. The molecule has 1 aromatic heterocycles. The molecule has 2 aliphatic heterocycles. The Morgan fingerprint density at radius 1 is 0.972 bits per heavy atom. The number of likely N-dealkylation sites (tertiary alicyclic amines) is 1. The fourth-order valence-electron chi connectivity index (χ4n) is 5.12. The topological polar surface area (TPSA) is 106 Å². The average Bonchev–Trinajstić information content (AvgIpc) is 3.67. The van der Waals surface area contributed by atoms with Crippen LogP contribution < -0.4 is 14.8 Å². The SMILES string of the molecule is COc1cc(OC)cc(C(=O)N2CCc3c(c(C(=O)N4CCCC(C(=O)NC5CC5)C4)nn3C)C2)c1. The number of hydrogen-bond donors (Lipinski definition) is 1. The summed E-state index contributed by atoms with van der Waals surface area (Å²) in [7, 11) is 4.93. The van der Waals surface area contributed by atoms with Crippen molar-refractivity contribution < 1.29 is 23.9 Å². The third-order valence-corrected chi connectivity index (χ3v) is 7.33. The molecule has 1 N–H and O–H groups in total. The molecule has 2 fully saturated rings. The van der Waals surface area contributed by atoms with Gasteiger partial charge < -0.3 is 24.6 Å². The van der Waals surface area contributed by atoms with Crippen molar-refractivity contribution in [1.82, 2.24) is 24.9 Å². The minimum Gasteiger partial charge on any atom is -0.497 e. The van der Waals surface area contributed by atoms with E-state index in [1.807, 2.05) is 7.05 Å². The Kier molecular flexibility index (Phi) is 6.59. The fraction of sp³-hybridized carbons (Fsp3) is 0.538. The molecule has 10 heteroatoms. The Balaban J connectivity index is 1.34. The third-order valence-electron chi connectivity index (χ3n) is 7.33. The van der Waals surface area contributed by atoms with Gasteiger partial charge in [-0.1, -0.05) is 0 Å². The van der Waals surface area contributed by atoms with Crippen molar-refractivity contribution in [1.29, 1.82) is 0 Å². The zero-order valence-corrected chi connectivity index (χ0v) is 21.1. The lowest BCUT2D eigenvalue weighted by Crippen LogP contribution is -2.46. The molecule has 10 nitrogen and oxygen atoms in total. The highest BCUT2D eigenvalue weighted by Gasteiger charge is 2.36. The van der Waals surface area contributed by atoms with Crippen LogP contribution >= 0.6 is 0 Å². The third kappa shape index (κ3) is 4.76. The monoisotopic (exact) mass is 495 g/mol. The Labute approximate surface area is 210 Å². The molecule has 2 aromatic rings. The molecule has 0 radical (unpaired) electrons. The molecule has 1 saturated heterocycles. The van der Waals surface area contributed by atoms with Crippen LogP contribution in [-0.2, 0) is 24.8 Å². The van der Waals surface area contributed by atoms with Gasteiger partial charge in [-0.2, -0.15) is 5.10 Å². The van der Waals surface area contributed by atoms with Crippen LogP contribution in [0, 0.1) is 5.92 Å². The number of rotatable bonds is 6. The quantitative estimate of drug-likeness (QED) is 0.655. The van der Waals surface area contributed by atoms with Gasteiger partial charge in [-0.25, -0.2) is 0 Å². The van der Waals surface area contributed by atoms with E-state index in [1.54, 1.807) is 46.9 Å². The van der Waals surface area contributed by atoms with Gasteiger partial charge in [0.05, 0.1) is 26.7 Å². The zero-order chi connectivity index (χ0) is 25.4. The van der Waals surface area contributed by atoms with Crippen LogP contribution in [0.5, 0.6) is 11.5 Å². The normalized spacial score (nSPS) is 19.5. The van der Waals surface area contributed by atoms with E-state index in [1.165, 1.54) is 0 Å². The second-order valence-electron chi connectivity index (χ2n) is 9.85. The van der Waals surface area contributed by atoms with Gasteiger partial charge in [-0.3, -0.25) is 19.1 Å². The highest BCUT2D eigenvalue weighted by Crippen LogP contribution is 2.29. The van der Waals surface area contributed by atoms with Crippen LogP contribution in [-0.4, -0.2) is 77.2 Å². The van der Waals surface area contributed by atoms with E-state index in [4.69, 9.17) is 9.47 Å². The predicted molar refractivity (Wildman–Crippen MR) is 131 cm³/mol. The Morgan fingerprint density at radius 3 is 2.36 bits per heavy atom. The van der Waals surface area contributed by atoms with E-state index in [9.17, 15) is 14.4 Å². The second kappa shape index (κ2) is 9.83. The first kappa shape index (κ1) is 24.1. The van der Waals surface area contributed by atoms with Gasteiger partial charge >= 0.3 is 0 Å². The first-order valence-electron chi connectivity index (χ1n) is 12.5. The maximum atomic E-state index is 13.6. The number of carbonyl (C=O) groups is 3. The van der Waals surface area contributed by atoms with E-state index in [0.717, 1.165) is 36.9 Å². The van der Waals surface area contributed by atoms with Gasteiger partial charge in [0.25, 0.3) is 11.8 Å². The molecule has 3 heterocycles. The number of nitrogens with zero attached hydrogens (tertiary/aromatic N) is 4. The number of aryl methyl sites for hydroxylation is 1. The molecular formula is C26H33N5O5. The first-order chi connectivity index (χ1) is 17.4. The molecule has 1 aliphatic carbocycles. The number of methoxy groups -OCH3 is 2. The van der Waals surface area contributed by atoms with E-state index in [0.29, 0.717) is 61.4 Å². The maximum absolute atomic E-state index is 13.6. The van der Waals surface area contributed by atoms with Crippen molar-refractivity contribution in [2.75, 3.05) is 33.9 Å². The molecule has 5 rings (SSSR count). The number of nitrogens with one attached hydrogen (secondary N) is 1. The lowest BCUT2D eigenvalue weighted by Gasteiger charge is -2.32. The Bertz CT molecular complexity index is 1170. The molecule has 3 aliphatic rings. The van der Waals surface area contributed by atoms with E-state index < -0.39 is 0 Å². The Hall–Kier alpha value is -3.56. The highest BCUT2D eigenvalue weighted by atomic mass is 16.5. The molecule has 0 bridgehead atoms. The largest absolute Gasteiger partial charge is 0.497 e. The molecule has 1 unspecified atom stereocenters. The van der Waals surface area contributed by atoms with Gasteiger partial charge in [0, 0.05) is 62.0 Å². The molecule has 1 atom stereocenters. The van der Waals surface area contributed by atoms with Gasteiger partial charge in [0.1, 0.15) is 11.5 Å². The van der Waals surface area contributed by atoms with E-state index in [-0.39, 0.29) is 23.6 Å². The van der Waals surface area contributed by atoms with Crippen molar-refractivity contribution in [2.45, 2.75) is 44.7 Å². The number of carbonyl (C=O) groups excluding carboxylic acids is 3. The molecule has 1 aromatic carbocycles. The van der Waals surface area contributed by atoms with Crippen LogP contribution in [0.3, 0.4) is 0 Å². The number of hydrogen-bond acceptors (Lipinski definition) is 6. The number of aromatic nitrogens is 2. The molecule has 36 heavy (non-hydrogen) atoms. The van der Waals surface area contributed by atoms with Gasteiger partial charge in [0.2, 0.25) is 5.91 Å². The number of fused-ring (bicyclic) bond motifs is 1. The number of ether oxygens (including phenoxy) is 2. The second-order valence-corrected chi connectivity index (χ2v) is 9.85. The smallest absolute Gasteiger partial charge is 0.274 e. The number of piperidine rings is 1. The molecule has 1 saturated carbocycles. The summed E-state index contributed by atoms with van der Waals surface area (Å²) < 4.78 is 12.4. The fourth-order valence-corrected chi connectivity index (χ4v) is 5.12. The van der Waals surface area contributed by atoms with Crippen molar-refractivity contribution in [3.8, 4) is 11.5 Å². The van der Waals surface area contributed by atoms with Crippen molar-refractivity contribution in [3.05, 3.63) is 40.7 Å². The summed E-state index contributed by atoms with van der Waals surface area (Å²) in [5.74, 6) is 0.603. The van der Waals surface area contributed by atoms with Crippen molar-refractivity contribution in [2.24, 2.45) is 13.0 Å². The van der Waals surface area contributed by atoms with Crippen LogP contribution in [0.1, 0.15) is 57.8 Å². The van der Waals surface area contributed by atoms with Crippen LogP contribution in [0.4, 0.5) is 0 Å². The van der Waals surface area contributed by atoms with Crippen molar-refractivity contribution in [3.63, 3.8) is 0 Å². The number of amides is 3. The summed E-state index contributed by atoms with van der Waals surface area (Å²) in [5.41, 5.74) is 2.58. The van der Waals surface area contributed by atoms with Crippen LogP contribution in [0.2, 0.25) is 0 Å². The minimum atomic E-state index is -0.191. The molecule has 0 spiro atoms. The van der Waals surface area contributed by atoms with Gasteiger partial charge in [-0.15, -0.1) is 0 Å². The van der Waals surface area contributed by atoms with E-state index >= 15 is 0 Å². The summed E-state index contributed by atoms with van der Waals surface area (Å²) in [5, 5.41) is 7.63. The number of benzene rings is 1. The van der Waals surface area contributed by atoms with Crippen molar-refractivity contribution >= 4 is 17.7 Å². The summed E-state index contributed by atoms with van der Waals surface area (Å²) in [4.78, 5) is 43.1. The maximum Gasteiger partial charge on any atom is 0.274 e. The summed E-state index contributed by atoms with van der Waals surface area (Å²) in [6.07, 6.45) is 4.25. The zero-order valence-electron chi connectivity index (χ0n) is 21.1. The van der Waals surface area contributed by atoms with E-state index in [2.05, 4.69) is 10.4 Å². The Morgan fingerprint density at radius 2 is 1.69 bits per heavy atom. The standard InChI is InChI=1S/C26H33N5O5/c1-29-22-8-10-31(25(33)17-11-19(35-2)13-20(12-17)36-3)15-21(22)23(28-29)26(34)30-9-4-5-16(14-30)24(32)27-18-6-7-18/h11-13,16,18H,4-10,14-15H2,1-3H3,(H,27,32). The van der Waals surface area contributed by atoms with Crippen LogP contribution in [0.25, 0.3) is 0 Å². The average molecular weight is 496 g/mol. The highest BCUT2D eigenvalue weighted by molar-refractivity contribution is 5.97. The van der Waals surface area contributed by atoms with Crippen LogP contribution in [0.15, 0.2) is 18.2 Å². The summed E-state index contributed by atoms with van der Waals surface area (Å²) in [6.45, 7) is 1.81. The predicted octanol–water partition coefficient (Wildman–Crippen LogP) is 1.77. The lowest BCUT2D eigenvalue weighted by molar-refractivity contribution is -0.126. The molecular weight excluding hydrogens is 462 g/mol. The minimum absolute atomic E-state index is 0.0449. The summed E-state index contributed by atoms with van der Waals surface area (Å²) >= 11 is 0. The first-order valence-corrected chi connectivity index (χ1v) is 12.5. The molecule has 3 amide bonds. The summed E-state index contributed by atoms with van der Waals surface area (Å²) in [6, 6.07) is 5.41.